The van der Waals surface area contributed by atoms with Crippen LogP contribution in [0.2, 0.25) is 0 Å². The van der Waals surface area contributed by atoms with Crippen LogP contribution >= 0.6 is 0 Å². The number of nitrogens with one attached hydrogen (secondary N) is 1. The Hall–Kier alpha value is -3.81. The smallest absolute Gasteiger partial charge is 0.263 e. The molecular weight excluding hydrogens is 354 g/mol. The van der Waals surface area contributed by atoms with Gasteiger partial charge < -0.3 is 4.57 Å². The number of benzene rings is 2. The fraction of sp³-hybridized carbons (Fsp3) is 0.150. The first-order valence-corrected chi connectivity index (χ1v) is 8.82. The lowest BCUT2D eigenvalue weighted by Crippen LogP contribution is -2.24. The van der Waals surface area contributed by atoms with Crippen molar-refractivity contribution >= 4 is 23.0 Å². The van der Waals surface area contributed by atoms with Crippen molar-refractivity contribution < 1.29 is 4.79 Å². The molecule has 0 unspecified atom stereocenters. The quantitative estimate of drug-likeness (QED) is 0.429. The summed E-state index contributed by atoms with van der Waals surface area (Å²) in [6, 6.07) is 17.6. The first-order valence-electron chi connectivity index (χ1n) is 8.82. The molecule has 8 heteroatoms. The second kappa shape index (κ2) is 7.43. The van der Waals surface area contributed by atoms with Crippen molar-refractivity contribution in [1.29, 1.82) is 0 Å². The van der Waals surface area contributed by atoms with E-state index in [1.165, 1.54) is 4.80 Å². The molecule has 4 aromatic rings. The molecule has 0 fully saturated rings. The first-order chi connectivity index (χ1) is 13.6. The van der Waals surface area contributed by atoms with Crippen LogP contribution < -0.4 is 5.43 Å². The van der Waals surface area contributed by atoms with E-state index < -0.39 is 0 Å². The molecule has 0 aliphatic carbocycles. The van der Waals surface area contributed by atoms with Crippen LogP contribution in [0, 0.1) is 6.92 Å². The van der Waals surface area contributed by atoms with Crippen molar-refractivity contribution in [3.63, 3.8) is 0 Å². The number of hydrogen-bond donors (Lipinski definition) is 1. The number of carbonyl (C=O) groups is 1. The predicted octanol–water partition coefficient (Wildman–Crippen LogP) is 2.29. The molecule has 0 saturated heterocycles. The van der Waals surface area contributed by atoms with Gasteiger partial charge in [-0.2, -0.15) is 9.90 Å². The average molecular weight is 373 g/mol. The van der Waals surface area contributed by atoms with Crippen LogP contribution in [0.25, 0.3) is 22.3 Å². The minimum atomic E-state index is -0.328. The number of fused-ring (bicyclic) bond motifs is 1. The van der Waals surface area contributed by atoms with Gasteiger partial charge >= 0.3 is 0 Å². The van der Waals surface area contributed by atoms with Gasteiger partial charge in [0.25, 0.3) is 5.91 Å². The molecule has 140 valence electrons. The van der Waals surface area contributed by atoms with Gasteiger partial charge in [0, 0.05) is 34.8 Å². The molecule has 4 rings (SSSR count). The summed E-state index contributed by atoms with van der Waals surface area (Å²) in [6.45, 7) is 1.96. The lowest BCUT2D eigenvalue weighted by atomic mass is 10.1. The van der Waals surface area contributed by atoms with E-state index in [2.05, 4.69) is 36.6 Å². The van der Waals surface area contributed by atoms with Crippen LogP contribution in [0.4, 0.5) is 0 Å². The minimum absolute atomic E-state index is 0.0638. The molecular formula is C20H19N7O. The zero-order valence-electron chi connectivity index (χ0n) is 15.6. The second-order valence-corrected chi connectivity index (χ2v) is 6.38. The van der Waals surface area contributed by atoms with Gasteiger partial charge in [-0.05, 0) is 18.2 Å². The highest BCUT2D eigenvalue weighted by atomic mass is 16.2. The molecule has 0 radical (unpaired) electrons. The normalized spacial score (nSPS) is 11.4. The molecule has 8 nitrogen and oxygen atoms in total. The molecule has 0 saturated carbocycles. The first kappa shape index (κ1) is 17.6. The third-order valence-electron chi connectivity index (χ3n) is 4.60. The molecule has 0 atom stereocenters. The Balaban J connectivity index is 1.43. The highest BCUT2D eigenvalue weighted by Gasteiger charge is 2.10. The topological polar surface area (TPSA) is 90.0 Å². The fourth-order valence-corrected chi connectivity index (χ4v) is 3.06. The van der Waals surface area contributed by atoms with Crippen LogP contribution in [0.15, 0.2) is 59.7 Å². The highest BCUT2D eigenvalue weighted by molar-refractivity contribution is 6.01. The van der Waals surface area contributed by atoms with Crippen LogP contribution in [0.5, 0.6) is 0 Å². The number of carbonyl (C=O) groups excluding carboxylic acids is 1. The Labute approximate surface area is 161 Å². The van der Waals surface area contributed by atoms with Crippen molar-refractivity contribution in [3.8, 4) is 11.4 Å². The van der Waals surface area contributed by atoms with Crippen molar-refractivity contribution in [2.75, 3.05) is 0 Å². The number of tetrazole rings is 1. The molecule has 2 heterocycles. The number of nitrogens with zero attached hydrogens (tertiary/aromatic N) is 6. The molecule has 1 N–H and O–H groups in total. The number of hydrogen-bond acceptors (Lipinski definition) is 5. The van der Waals surface area contributed by atoms with Gasteiger partial charge in [-0.15, -0.1) is 10.2 Å². The average Bonchev–Trinajstić information content (AvgIpc) is 3.28. The molecule has 28 heavy (non-hydrogen) atoms. The Morgan fingerprint density at radius 1 is 1.14 bits per heavy atom. The zero-order valence-corrected chi connectivity index (χ0v) is 15.6. The minimum Gasteiger partial charge on any atom is -0.347 e. The fourth-order valence-electron chi connectivity index (χ4n) is 3.06. The van der Waals surface area contributed by atoms with Crippen molar-refractivity contribution in [2.24, 2.45) is 12.1 Å². The van der Waals surface area contributed by atoms with E-state index in [0.717, 1.165) is 27.7 Å². The van der Waals surface area contributed by atoms with Gasteiger partial charge in [-0.25, -0.2) is 5.43 Å². The number of para-hydroxylation sites is 1. The number of amides is 1. The predicted molar refractivity (Wildman–Crippen MR) is 107 cm³/mol. The molecule has 1 amide bonds. The molecule has 0 spiro atoms. The Morgan fingerprint density at radius 2 is 1.89 bits per heavy atom. The number of aromatic nitrogens is 5. The number of rotatable bonds is 5. The SMILES string of the molecule is Cc1c(/C=N/NC(=O)Cn2nnc(-c3ccccc3)n2)c2ccccc2n1C. The molecule has 0 aliphatic rings. The van der Waals surface area contributed by atoms with Gasteiger partial charge in [0.2, 0.25) is 5.82 Å². The summed E-state index contributed by atoms with van der Waals surface area (Å²) in [6.07, 6.45) is 1.67. The lowest BCUT2D eigenvalue weighted by molar-refractivity contribution is -0.122. The largest absolute Gasteiger partial charge is 0.347 e. The van der Waals surface area contributed by atoms with E-state index >= 15 is 0 Å². The third-order valence-corrected chi connectivity index (χ3v) is 4.60. The maximum absolute atomic E-state index is 12.1. The lowest BCUT2D eigenvalue weighted by Gasteiger charge is -1.99. The van der Waals surface area contributed by atoms with Crippen molar-refractivity contribution in [1.82, 2.24) is 30.2 Å². The Morgan fingerprint density at radius 3 is 2.71 bits per heavy atom. The van der Waals surface area contributed by atoms with Crippen molar-refractivity contribution in [3.05, 3.63) is 65.9 Å². The summed E-state index contributed by atoms with van der Waals surface area (Å²) < 4.78 is 2.10. The standard InChI is InChI=1S/C20H19N7O/c1-14-17(16-10-6-7-11-18(16)26(14)2)12-21-22-19(28)13-27-24-20(23-25-27)15-8-4-3-5-9-15/h3-12H,13H2,1-2H3,(H,22,28)/b21-12+. The van der Waals surface area contributed by atoms with Crippen LogP contribution in [-0.2, 0) is 18.4 Å². The van der Waals surface area contributed by atoms with E-state index in [-0.39, 0.29) is 12.5 Å². The Kier molecular flexibility index (Phi) is 4.67. The van der Waals surface area contributed by atoms with Gasteiger partial charge in [0.15, 0.2) is 0 Å². The maximum Gasteiger partial charge on any atom is 0.263 e. The highest BCUT2D eigenvalue weighted by Crippen LogP contribution is 2.22. The summed E-state index contributed by atoms with van der Waals surface area (Å²) in [7, 11) is 2.01. The van der Waals surface area contributed by atoms with Crippen LogP contribution in [-0.4, -0.2) is 36.9 Å². The monoisotopic (exact) mass is 373 g/mol. The van der Waals surface area contributed by atoms with E-state index in [4.69, 9.17) is 0 Å². The van der Waals surface area contributed by atoms with E-state index in [1.807, 2.05) is 62.5 Å². The summed E-state index contributed by atoms with van der Waals surface area (Å²) in [5.74, 6) is 0.148. The van der Waals surface area contributed by atoms with Gasteiger partial charge in [-0.3, -0.25) is 4.79 Å². The second-order valence-electron chi connectivity index (χ2n) is 6.38. The maximum atomic E-state index is 12.1. The zero-order chi connectivity index (χ0) is 19.5. The van der Waals surface area contributed by atoms with Gasteiger partial charge in [0.1, 0.15) is 6.54 Å². The van der Waals surface area contributed by atoms with Gasteiger partial charge in [-0.1, -0.05) is 48.5 Å². The molecule has 2 aromatic heterocycles. The van der Waals surface area contributed by atoms with Gasteiger partial charge in [0.05, 0.1) is 6.21 Å². The van der Waals surface area contributed by atoms with Crippen LogP contribution in [0.1, 0.15) is 11.3 Å². The molecule has 0 bridgehead atoms. The third kappa shape index (κ3) is 3.39. The molecule has 2 aromatic carbocycles. The van der Waals surface area contributed by atoms with E-state index in [1.54, 1.807) is 6.21 Å². The van der Waals surface area contributed by atoms with E-state index in [0.29, 0.717) is 5.82 Å². The Bertz CT molecular complexity index is 1160. The summed E-state index contributed by atoms with van der Waals surface area (Å²) in [5, 5.41) is 17.3. The number of hydrazone groups is 1. The molecule has 0 aliphatic heterocycles. The summed E-state index contributed by atoms with van der Waals surface area (Å²) in [5.41, 5.74) is 6.54. The van der Waals surface area contributed by atoms with E-state index in [9.17, 15) is 4.79 Å². The summed E-state index contributed by atoms with van der Waals surface area (Å²) in [4.78, 5) is 13.4. The number of aryl methyl sites for hydroxylation is 1. The van der Waals surface area contributed by atoms with Crippen molar-refractivity contribution in [2.45, 2.75) is 13.5 Å². The van der Waals surface area contributed by atoms with Crippen LogP contribution in [0.3, 0.4) is 0 Å². The summed E-state index contributed by atoms with van der Waals surface area (Å²) >= 11 is 0.